The number of hydrogen-bond donors (Lipinski definition) is 2. The van der Waals surface area contributed by atoms with E-state index in [1.54, 1.807) is 31.4 Å². The van der Waals surface area contributed by atoms with Crippen molar-refractivity contribution in [2.45, 2.75) is 23.2 Å². The van der Waals surface area contributed by atoms with E-state index in [1.165, 1.54) is 27.4 Å². The van der Waals surface area contributed by atoms with Crippen molar-refractivity contribution in [3.8, 4) is 23.0 Å². The van der Waals surface area contributed by atoms with Gasteiger partial charge in [-0.25, -0.2) is 0 Å². The lowest BCUT2D eigenvalue weighted by atomic mass is 9.70. The molecule has 1 heterocycles. The zero-order chi connectivity index (χ0) is 26.5. The molecule has 1 fully saturated rings. The zero-order valence-electron chi connectivity index (χ0n) is 20.7. The lowest BCUT2D eigenvalue weighted by molar-refractivity contribution is -0.161. The van der Waals surface area contributed by atoms with Crippen LogP contribution in [0.2, 0.25) is 5.02 Å². The Kier molecular flexibility index (Phi) is 6.22. The summed E-state index contributed by atoms with van der Waals surface area (Å²) in [6.45, 7) is 0. The number of carbonyl (C=O) groups excluding carboxylic acids is 1. The van der Waals surface area contributed by atoms with Crippen LogP contribution >= 0.6 is 11.6 Å². The number of halogens is 1. The fraction of sp³-hybridized carbons (Fsp3) is 0.321. The topological polar surface area (TPSA) is 104 Å². The molecule has 37 heavy (non-hydrogen) atoms. The minimum absolute atomic E-state index is 0.0967. The van der Waals surface area contributed by atoms with Gasteiger partial charge in [-0.15, -0.1) is 0 Å². The number of rotatable bonds is 6. The third kappa shape index (κ3) is 3.26. The minimum atomic E-state index is -2.18. The molecule has 5 atom stereocenters. The lowest BCUT2D eigenvalue weighted by Gasteiger charge is -2.40. The molecule has 0 unspecified atom stereocenters. The molecule has 0 bridgehead atoms. The molecule has 1 aliphatic carbocycles. The summed E-state index contributed by atoms with van der Waals surface area (Å²) in [5, 5.41) is 24.7. The lowest BCUT2D eigenvalue weighted by Crippen LogP contribution is -2.52. The van der Waals surface area contributed by atoms with Crippen molar-refractivity contribution in [1.82, 2.24) is 0 Å². The first-order valence-corrected chi connectivity index (χ1v) is 12.0. The molecule has 0 amide bonds. The van der Waals surface area contributed by atoms with Gasteiger partial charge in [0.1, 0.15) is 28.4 Å². The maximum Gasteiger partial charge on any atom is 0.312 e. The number of methoxy groups -OCH3 is 4. The predicted molar refractivity (Wildman–Crippen MR) is 134 cm³/mol. The number of aliphatic hydroxyl groups excluding tert-OH is 1. The Balaban J connectivity index is 1.91. The molecular formula is C28H27ClO8. The molecule has 3 aromatic carbocycles. The quantitative estimate of drug-likeness (QED) is 0.468. The number of hydrogen-bond acceptors (Lipinski definition) is 8. The van der Waals surface area contributed by atoms with Gasteiger partial charge in [-0.3, -0.25) is 4.79 Å². The van der Waals surface area contributed by atoms with E-state index in [4.69, 9.17) is 35.3 Å². The summed E-state index contributed by atoms with van der Waals surface area (Å²) in [4.78, 5) is 13.2. The van der Waals surface area contributed by atoms with Crippen LogP contribution in [0.25, 0.3) is 0 Å². The molecule has 3 aromatic rings. The van der Waals surface area contributed by atoms with Crippen LogP contribution in [0.15, 0.2) is 60.7 Å². The Hall–Kier alpha value is -3.46. The largest absolute Gasteiger partial charge is 0.497 e. The van der Waals surface area contributed by atoms with Gasteiger partial charge >= 0.3 is 5.97 Å². The molecule has 0 aromatic heterocycles. The molecule has 2 N–H and O–H groups in total. The number of carbonyl (C=O) groups is 1. The van der Waals surface area contributed by atoms with E-state index in [0.29, 0.717) is 16.9 Å². The van der Waals surface area contributed by atoms with Gasteiger partial charge in [0.15, 0.2) is 17.0 Å². The molecule has 0 saturated heterocycles. The highest BCUT2D eigenvalue weighted by molar-refractivity contribution is 6.34. The summed E-state index contributed by atoms with van der Waals surface area (Å²) >= 11 is 6.71. The first-order chi connectivity index (χ1) is 17.8. The summed E-state index contributed by atoms with van der Waals surface area (Å²) in [6, 6.07) is 17.5. The Morgan fingerprint density at radius 1 is 0.946 bits per heavy atom. The van der Waals surface area contributed by atoms with E-state index < -0.39 is 35.1 Å². The predicted octanol–water partition coefficient (Wildman–Crippen LogP) is 3.79. The molecule has 5 rings (SSSR count). The molecule has 9 heteroatoms. The van der Waals surface area contributed by atoms with Gasteiger partial charge in [-0.05, 0) is 23.3 Å². The Labute approximate surface area is 219 Å². The number of benzene rings is 3. The van der Waals surface area contributed by atoms with E-state index in [0.717, 1.165) is 0 Å². The third-order valence-electron chi connectivity index (χ3n) is 7.52. The van der Waals surface area contributed by atoms with Crippen LogP contribution in [0.4, 0.5) is 0 Å². The van der Waals surface area contributed by atoms with E-state index >= 15 is 0 Å². The molecule has 2 aliphatic rings. The van der Waals surface area contributed by atoms with E-state index in [-0.39, 0.29) is 27.8 Å². The standard InChI is InChI=1S/C28H27ClO8/c1-33-17-12-10-16(11-13-17)28-21(15-8-6-5-7-9-15)20(26(31)36-4)25(30)27(28,32)22-18(34-2)14-19(35-3)23(29)24(22)37-28/h5-14,20-21,25,30,32H,1-4H3/t20-,21-,25-,27+,28+/m1/s1. The van der Waals surface area contributed by atoms with Crippen molar-refractivity contribution in [3.63, 3.8) is 0 Å². The molecule has 1 saturated carbocycles. The van der Waals surface area contributed by atoms with Crippen LogP contribution < -0.4 is 18.9 Å². The van der Waals surface area contributed by atoms with Crippen LogP contribution in [-0.4, -0.2) is 50.7 Å². The van der Waals surface area contributed by atoms with E-state index in [9.17, 15) is 15.0 Å². The van der Waals surface area contributed by atoms with Crippen LogP contribution in [0.3, 0.4) is 0 Å². The maximum atomic E-state index is 13.2. The molecule has 0 spiro atoms. The molecule has 0 radical (unpaired) electrons. The van der Waals surface area contributed by atoms with Gasteiger partial charge in [0, 0.05) is 12.0 Å². The smallest absolute Gasteiger partial charge is 0.312 e. The van der Waals surface area contributed by atoms with Crippen molar-refractivity contribution in [1.29, 1.82) is 0 Å². The van der Waals surface area contributed by atoms with E-state index in [1.807, 2.05) is 30.3 Å². The molecular weight excluding hydrogens is 500 g/mol. The number of esters is 1. The molecule has 8 nitrogen and oxygen atoms in total. The van der Waals surface area contributed by atoms with Gasteiger partial charge in [0.25, 0.3) is 0 Å². The van der Waals surface area contributed by atoms with Crippen LogP contribution in [0.1, 0.15) is 22.6 Å². The summed E-state index contributed by atoms with van der Waals surface area (Å²) in [7, 11) is 5.66. The Morgan fingerprint density at radius 2 is 1.59 bits per heavy atom. The maximum absolute atomic E-state index is 13.2. The summed E-state index contributed by atoms with van der Waals surface area (Å²) in [5.74, 6) is -1.66. The van der Waals surface area contributed by atoms with Crippen molar-refractivity contribution < 1.29 is 38.7 Å². The second kappa shape index (κ2) is 9.13. The average Bonchev–Trinajstić information content (AvgIpc) is 3.33. The molecule has 194 valence electrons. The first kappa shape index (κ1) is 25.2. The van der Waals surface area contributed by atoms with E-state index in [2.05, 4.69) is 0 Å². The SMILES string of the molecule is COC(=O)[C@H]1[C@@H](O)[C@@]2(O)c3c(OC)cc(OC)c(Cl)c3O[C@@]2(c2ccc(OC)cc2)[C@@H]1c1ccccc1. The normalized spacial score (nSPS) is 27.6. The number of fused-ring (bicyclic) bond motifs is 3. The van der Waals surface area contributed by atoms with Crippen molar-refractivity contribution in [3.05, 3.63) is 82.4 Å². The molecule has 1 aliphatic heterocycles. The highest BCUT2D eigenvalue weighted by Crippen LogP contribution is 2.71. The van der Waals surface area contributed by atoms with Gasteiger partial charge in [0.05, 0.1) is 39.9 Å². The summed E-state index contributed by atoms with van der Waals surface area (Å²) in [6.07, 6.45) is -1.66. The number of ether oxygens (including phenoxy) is 5. The highest BCUT2D eigenvalue weighted by Gasteiger charge is 2.78. The van der Waals surface area contributed by atoms with Crippen LogP contribution in [0.5, 0.6) is 23.0 Å². The van der Waals surface area contributed by atoms with Crippen LogP contribution in [0, 0.1) is 5.92 Å². The Morgan fingerprint density at radius 3 is 2.16 bits per heavy atom. The summed E-state index contributed by atoms with van der Waals surface area (Å²) in [5.41, 5.74) is -2.64. The first-order valence-electron chi connectivity index (χ1n) is 11.6. The number of aliphatic hydroxyl groups is 2. The second-order valence-corrected chi connectivity index (χ2v) is 9.39. The van der Waals surface area contributed by atoms with Crippen molar-refractivity contribution in [2.24, 2.45) is 5.92 Å². The minimum Gasteiger partial charge on any atom is -0.497 e. The zero-order valence-corrected chi connectivity index (χ0v) is 21.5. The van der Waals surface area contributed by atoms with Gasteiger partial charge in [0.2, 0.25) is 0 Å². The van der Waals surface area contributed by atoms with Gasteiger partial charge in [-0.1, -0.05) is 54.1 Å². The van der Waals surface area contributed by atoms with Gasteiger partial charge in [-0.2, -0.15) is 0 Å². The fourth-order valence-corrected chi connectivity index (χ4v) is 6.21. The summed E-state index contributed by atoms with van der Waals surface area (Å²) < 4.78 is 28.2. The Bertz CT molecular complexity index is 1330. The third-order valence-corrected chi connectivity index (χ3v) is 7.88. The highest BCUT2D eigenvalue weighted by atomic mass is 35.5. The van der Waals surface area contributed by atoms with Crippen molar-refractivity contribution in [2.75, 3.05) is 28.4 Å². The monoisotopic (exact) mass is 526 g/mol. The average molecular weight is 527 g/mol. The fourth-order valence-electron chi connectivity index (χ4n) is 5.94. The van der Waals surface area contributed by atoms with Crippen molar-refractivity contribution >= 4 is 17.6 Å². The van der Waals surface area contributed by atoms with Gasteiger partial charge < -0.3 is 33.9 Å². The van der Waals surface area contributed by atoms with Crippen LogP contribution in [-0.2, 0) is 20.7 Å². The second-order valence-electron chi connectivity index (χ2n) is 9.01.